The van der Waals surface area contributed by atoms with Crippen molar-refractivity contribution in [1.29, 1.82) is 0 Å². The van der Waals surface area contributed by atoms with Gasteiger partial charge in [-0.2, -0.15) is 10.1 Å². The van der Waals surface area contributed by atoms with Crippen molar-refractivity contribution in [2.24, 2.45) is 11.0 Å². The largest absolute Gasteiger partial charge is 0.378 e. The zero-order chi connectivity index (χ0) is 26.3. The Morgan fingerprint density at radius 3 is 2.71 bits per heavy atom. The average Bonchev–Trinajstić information content (AvgIpc) is 3.76. The molecule has 5 rings (SSSR count). The van der Waals surface area contributed by atoms with Crippen LogP contribution in [0.15, 0.2) is 47.8 Å². The molecule has 0 radical (unpaired) electrons. The SMILES string of the molecule is CC(CCCC1CC1)c1ccc(Nc2ccc(/C=N/Nc3ncc(F)c(N4CCOCC4)n3)nc2)cc1Cl. The van der Waals surface area contributed by atoms with E-state index >= 15 is 0 Å². The van der Waals surface area contributed by atoms with Crippen molar-refractivity contribution in [3.8, 4) is 0 Å². The number of pyridine rings is 1. The fraction of sp³-hybridized carbons (Fsp3) is 0.429. The normalized spacial score (nSPS) is 16.6. The van der Waals surface area contributed by atoms with Crippen molar-refractivity contribution in [1.82, 2.24) is 15.0 Å². The van der Waals surface area contributed by atoms with Gasteiger partial charge in [0.2, 0.25) is 5.95 Å². The van der Waals surface area contributed by atoms with Crippen molar-refractivity contribution < 1.29 is 9.13 Å². The summed E-state index contributed by atoms with van der Waals surface area (Å²) in [5.74, 6) is 1.41. The summed E-state index contributed by atoms with van der Waals surface area (Å²) in [5.41, 5.74) is 6.35. The van der Waals surface area contributed by atoms with Crippen LogP contribution in [0.4, 0.5) is 27.5 Å². The van der Waals surface area contributed by atoms with E-state index in [4.69, 9.17) is 16.3 Å². The number of halogens is 2. The second-order valence-electron chi connectivity index (χ2n) is 9.94. The summed E-state index contributed by atoms with van der Waals surface area (Å²) >= 11 is 6.62. The molecule has 2 aliphatic rings. The molecule has 1 saturated carbocycles. The van der Waals surface area contributed by atoms with Crippen LogP contribution >= 0.6 is 11.6 Å². The standard InChI is InChI=1S/C28H33ClFN7O/c1-19(3-2-4-20-5-6-20)24-10-9-21(15-25(24)29)34-23-8-7-22(31-16-23)17-33-36-28-32-18-26(30)27(35-28)37-11-13-38-14-12-37/h7-10,15-20,34H,2-6,11-14H2,1H3,(H,32,35,36)/b33-17+. The molecule has 38 heavy (non-hydrogen) atoms. The summed E-state index contributed by atoms with van der Waals surface area (Å²) in [5, 5.41) is 8.29. The first-order valence-electron chi connectivity index (χ1n) is 13.2. The van der Waals surface area contributed by atoms with E-state index in [2.05, 4.69) is 49.9 Å². The molecule has 1 aliphatic heterocycles. The predicted molar refractivity (Wildman–Crippen MR) is 150 cm³/mol. The van der Waals surface area contributed by atoms with Crippen molar-refractivity contribution in [2.45, 2.75) is 44.9 Å². The molecular weight excluding hydrogens is 505 g/mol. The highest BCUT2D eigenvalue weighted by atomic mass is 35.5. The minimum Gasteiger partial charge on any atom is -0.378 e. The molecule has 3 heterocycles. The number of ether oxygens (including phenoxy) is 1. The number of hydrogen-bond acceptors (Lipinski definition) is 8. The first-order chi connectivity index (χ1) is 18.5. The molecule has 2 aromatic heterocycles. The van der Waals surface area contributed by atoms with Crippen LogP contribution in [0.5, 0.6) is 0 Å². The maximum Gasteiger partial charge on any atom is 0.245 e. The van der Waals surface area contributed by atoms with Gasteiger partial charge in [-0.25, -0.2) is 14.8 Å². The highest BCUT2D eigenvalue weighted by Gasteiger charge is 2.21. The molecule has 2 N–H and O–H groups in total. The van der Waals surface area contributed by atoms with Crippen molar-refractivity contribution in [2.75, 3.05) is 41.9 Å². The molecule has 8 nitrogen and oxygen atoms in total. The van der Waals surface area contributed by atoms with Crippen LogP contribution in [0.1, 0.15) is 56.2 Å². The Labute approximate surface area is 227 Å². The zero-order valence-electron chi connectivity index (χ0n) is 21.5. The Morgan fingerprint density at radius 1 is 1.16 bits per heavy atom. The highest BCUT2D eigenvalue weighted by Crippen LogP contribution is 2.36. The van der Waals surface area contributed by atoms with Gasteiger partial charge in [-0.1, -0.05) is 50.3 Å². The summed E-state index contributed by atoms with van der Waals surface area (Å²) in [6, 6.07) is 9.92. The van der Waals surface area contributed by atoms with Crippen LogP contribution in [0.3, 0.4) is 0 Å². The zero-order valence-corrected chi connectivity index (χ0v) is 22.3. The van der Waals surface area contributed by atoms with E-state index in [0.29, 0.717) is 37.9 Å². The first kappa shape index (κ1) is 26.3. The van der Waals surface area contributed by atoms with E-state index in [1.54, 1.807) is 12.4 Å². The number of hydrogen-bond donors (Lipinski definition) is 2. The monoisotopic (exact) mass is 537 g/mol. The lowest BCUT2D eigenvalue weighted by Crippen LogP contribution is -2.37. The average molecular weight is 538 g/mol. The molecule has 2 fully saturated rings. The Bertz CT molecular complexity index is 1250. The van der Waals surface area contributed by atoms with Gasteiger partial charge in [-0.05, 0) is 48.1 Å². The van der Waals surface area contributed by atoms with E-state index in [9.17, 15) is 4.39 Å². The number of rotatable bonds is 11. The molecule has 200 valence electrons. The molecular formula is C28H33ClFN7O. The maximum atomic E-state index is 14.2. The first-order valence-corrected chi connectivity index (χ1v) is 13.6. The van der Waals surface area contributed by atoms with Crippen molar-refractivity contribution >= 4 is 41.0 Å². The van der Waals surface area contributed by atoms with Crippen LogP contribution in [0.2, 0.25) is 5.02 Å². The maximum absolute atomic E-state index is 14.2. The van der Waals surface area contributed by atoms with Crippen LogP contribution in [-0.4, -0.2) is 47.5 Å². The molecule has 0 spiro atoms. The number of benzene rings is 1. The quantitative estimate of drug-likeness (QED) is 0.217. The van der Waals surface area contributed by atoms with E-state index in [0.717, 1.165) is 28.5 Å². The van der Waals surface area contributed by atoms with Crippen LogP contribution in [-0.2, 0) is 4.74 Å². The third-order valence-corrected chi connectivity index (χ3v) is 7.28. The smallest absolute Gasteiger partial charge is 0.245 e. The number of aromatic nitrogens is 3. The molecule has 1 aromatic carbocycles. The van der Waals surface area contributed by atoms with Gasteiger partial charge in [-0.3, -0.25) is 4.98 Å². The minimum atomic E-state index is -0.472. The highest BCUT2D eigenvalue weighted by molar-refractivity contribution is 6.31. The molecule has 1 aliphatic carbocycles. The van der Waals surface area contributed by atoms with Crippen LogP contribution in [0.25, 0.3) is 0 Å². The van der Waals surface area contributed by atoms with Gasteiger partial charge >= 0.3 is 0 Å². The van der Waals surface area contributed by atoms with Crippen molar-refractivity contribution in [3.63, 3.8) is 0 Å². The number of hydrazone groups is 1. The predicted octanol–water partition coefficient (Wildman–Crippen LogP) is 6.37. The lowest BCUT2D eigenvalue weighted by atomic mass is 9.94. The Hall–Kier alpha value is -3.30. The summed E-state index contributed by atoms with van der Waals surface area (Å²) in [7, 11) is 0. The molecule has 0 amide bonds. The summed E-state index contributed by atoms with van der Waals surface area (Å²) in [6.07, 6.45) is 11.0. The van der Waals surface area contributed by atoms with Gasteiger partial charge < -0.3 is 15.0 Å². The van der Waals surface area contributed by atoms with E-state index in [-0.39, 0.29) is 11.8 Å². The van der Waals surface area contributed by atoms with E-state index in [1.807, 2.05) is 23.1 Å². The number of morpholine rings is 1. The van der Waals surface area contributed by atoms with Gasteiger partial charge in [-0.15, -0.1) is 0 Å². The lowest BCUT2D eigenvalue weighted by molar-refractivity contribution is 0.122. The fourth-order valence-electron chi connectivity index (χ4n) is 4.57. The van der Waals surface area contributed by atoms with E-state index in [1.165, 1.54) is 37.7 Å². The molecule has 1 unspecified atom stereocenters. The third-order valence-electron chi connectivity index (χ3n) is 6.95. The van der Waals surface area contributed by atoms with Gasteiger partial charge in [0, 0.05) is 23.8 Å². The summed E-state index contributed by atoms with van der Waals surface area (Å²) in [6.45, 7) is 4.50. The Morgan fingerprint density at radius 2 is 1.97 bits per heavy atom. The van der Waals surface area contributed by atoms with Gasteiger partial charge in [0.1, 0.15) is 0 Å². The molecule has 1 atom stereocenters. The second-order valence-corrected chi connectivity index (χ2v) is 10.4. The summed E-state index contributed by atoms with van der Waals surface area (Å²) in [4.78, 5) is 14.5. The lowest BCUT2D eigenvalue weighted by Gasteiger charge is -2.27. The topological polar surface area (TPSA) is 87.6 Å². The van der Waals surface area contributed by atoms with E-state index < -0.39 is 5.82 Å². The Kier molecular flexibility index (Phi) is 8.65. The number of anilines is 4. The van der Waals surface area contributed by atoms with Gasteiger partial charge in [0.15, 0.2) is 11.6 Å². The Balaban J connectivity index is 1.14. The number of nitrogens with one attached hydrogen (secondary N) is 2. The van der Waals surface area contributed by atoms with Gasteiger partial charge in [0.05, 0.1) is 43.2 Å². The molecule has 1 saturated heterocycles. The minimum absolute atomic E-state index is 0.208. The molecule has 0 bridgehead atoms. The van der Waals surface area contributed by atoms with Crippen LogP contribution in [0, 0.1) is 11.7 Å². The van der Waals surface area contributed by atoms with Gasteiger partial charge in [0.25, 0.3) is 0 Å². The van der Waals surface area contributed by atoms with Crippen molar-refractivity contribution in [3.05, 3.63) is 64.8 Å². The second kappa shape index (κ2) is 12.5. The van der Waals surface area contributed by atoms with Crippen LogP contribution < -0.4 is 15.6 Å². The third kappa shape index (κ3) is 7.17. The number of nitrogens with zero attached hydrogens (tertiary/aromatic N) is 5. The molecule has 10 heteroatoms. The summed E-state index contributed by atoms with van der Waals surface area (Å²) < 4.78 is 19.5. The molecule has 3 aromatic rings. The fourth-order valence-corrected chi connectivity index (χ4v) is 4.93.